The molecule has 0 fully saturated rings. The predicted octanol–water partition coefficient (Wildman–Crippen LogP) is 4.05. The maximum absolute atomic E-state index is 12.2. The first-order chi connectivity index (χ1) is 13.4. The molecule has 146 valence electrons. The maximum atomic E-state index is 12.2. The fraction of sp³-hybridized carbons (Fsp3) is 0.211. The molecule has 1 aliphatic rings. The van der Waals surface area contributed by atoms with Gasteiger partial charge in [0.2, 0.25) is 17.7 Å². The highest BCUT2D eigenvalue weighted by atomic mass is 79.9. The summed E-state index contributed by atoms with van der Waals surface area (Å²) < 4.78 is 0.924. The highest BCUT2D eigenvalue weighted by molar-refractivity contribution is 9.10. The molecule has 0 saturated heterocycles. The molecule has 0 saturated carbocycles. The molecule has 1 heterocycles. The van der Waals surface area contributed by atoms with Crippen LogP contribution in [0.3, 0.4) is 0 Å². The van der Waals surface area contributed by atoms with E-state index in [1.165, 1.54) is 11.8 Å². The van der Waals surface area contributed by atoms with Crippen LogP contribution in [-0.2, 0) is 14.4 Å². The van der Waals surface area contributed by atoms with Crippen molar-refractivity contribution in [2.24, 2.45) is 0 Å². The largest absolute Gasteiger partial charge is 0.356 e. The van der Waals surface area contributed by atoms with Crippen LogP contribution >= 0.6 is 39.3 Å². The van der Waals surface area contributed by atoms with Gasteiger partial charge in [0.15, 0.2) is 0 Å². The molecule has 0 aliphatic carbocycles. The van der Waals surface area contributed by atoms with Crippen molar-refractivity contribution < 1.29 is 14.4 Å². The highest BCUT2D eigenvalue weighted by Crippen LogP contribution is 2.38. The Bertz CT molecular complexity index is 908. The number of amides is 3. The van der Waals surface area contributed by atoms with Crippen molar-refractivity contribution in [2.45, 2.75) is 23.0 Å². The van der Waals surface area contributed by atoms with Crippen LogP contribution in [0.1, 0.15) is 12.8 Å². The number of carbonyl (C=O) groups is 3. The van der Waals surface area contributed by atoms with Crippen molar-refractivity contribution >= 4 is 68.4 Å². The molecule has 9 heteroatoms. The lowest BCUT2D eigenvalue weighted by Crippen LogP contribution is -2.35. The van der Waals surface area contributed by atoms with Gasteiger partial charge in [0.05, 0.1) is 10.9 Å². The quantitative estimate of drug-likeness (QED) is 0.580. The minimum absolute atomic E-state index is 0.0346. The van der Waals surface area contributed by atoms with Gasteiger partial charge in [-0.15, -0.1) is 11.8 Å². The van der Waals surface area contributed by atoms with Gasteiger partial charge in [-0.05, 0) is 42.5 Å². The molecule has 1 aliphatic heterocycles. The van der Waals surface area contributed by atoms with Gasteiger partial charge in [0.25, 0.3) is 0 Å². The number of hydrogen-bond donors (Lipinski definition) is 3. The summed E-state index contributed by atoms with van der Waals surface area (Å²) in [5.41, 5.74) is 1.34. The second-order valence-electron chi connectivity index (χ2n) is 6.10. The zero-order valence-electron chi connectivity index (χ0n) is 14.6. The Balaban J connectivity index is 1.43. The minimum atomic E-state index is -0.523. The standard InChI is InChI=1S/C19H17BrClN3O3S/c20-11-1-4-13(5-2-11)23-17(25)7-8-22-18(26)10-16-19(27)24-14-9-12(21)3-6-15(14)28-16/h1-6,9,16H,7-8,10H2,(H,22,26)(H,23,25)(H,24,27). The fourth-order valence-corrected chi connectivity index (χ4v) is 4.10. The van der Waals surface area contributed by atoms with Crippen molar-refractivity contribution in [3.63, 3.8) is 0 Å². The first-order valence-electron chi connectivity index (χ1n) is 8.50. The number of halogens is 2. The van der Waals surface area contributed by atoms with E-state index in [4.69, 9.17) is 11.6 Å². The SMILES string of the molecule is O=C(CC1Sc2ccc(Cl)cc2NC1=O)NCCC(=O)Nc1ccc(Br)cc1. The van der Waals surface area contributed by atoms with Crippen LogP contribution in [0.5, 0.6) is 0 Å². The number of nitrogens with one attached hydrogen (secondary N) is 3. The lowest BCUT2D eigenvalue weighted by Gasteiger charge is -2.23. The lowest BCUT2D eigenvalue weighted by molar-refractivity contribution is -0.124. The average Bonchev–Trinajstić information content (AvgIpc) is 2.64. The number of anilines is 2. The molecule has 0 spiro atoms. The summed E-state index contributed by atoms with van der Waals surface area (Å²) in [5, 5.41) is 8.23. The Hall–Kier alpha value is -2.03. The van der Waals surface area contributed by atoms with Gasteiger partial charge < -0.3 is 16.0 Å². The van der Waals surface area contributed by atoms with Crippen molar-refractivity contribution in [3.8, 4) is 0 Å². The van der Waals surface area contributed by atoms with E-state index in [2.05, 4.69) is 31.9 Å². The van der Waals surface area contributed by atoms with Crippen LogP contribution in [0.25, 0.3) is 0 Å². The topological polar surface area (TPSA) is 87.3 Å². The van der Waals surface area contributed by atoms with Gasteiger partial charge in [-0.3, -0.25) is 14.4 Å². The first kappa shape index (κ1) is 20.7. The zero-order valence-corrected chi connectivity index (χ0v) is 17.8. The molecule has 0 bridgehead atoms. The van der Waals surface area contributed by atoms with Gasteiger partial charge in [0.1, 0.15) is 0 Å². The normalized spacial score (nSPS) is 15.4. The lowest BCUT2D eigenvalue weighted by atomic mass is 10.2. The minimum Gasteiger partial charge on any atom is -0.356 e. The molecule has 6 nitrogen and oxygen atoms in total. The molecule has 2 aromatic carbocycles. The van der Waals surface area contributed by atoms with Gasteiger partial charge in [-0.2, -0.15) is 0 Å². The summed E-state index contributed by atoms with van der Waals surface area (Å²) in [6, 6.07) is 12.5. The molecule has 3 N–H and O–H groups in total. The smallest absolute Gasteiger partial charge is 0.238 e. The molecular formula is C19H17BrClN3O3S. The average molecular weight is 483 g/mol. The van der Waals surface area contributed by atoms with Gasteiger partial charge >= 0.3 is 0 Å². The Kier molecular flexibility index (Phi) is 6.98. The Morgan fingerprint density at radius 2 is 1.89 bits per heavy atom. The van der Waals surface area contributed by atoms with E-state index >= 15 is 0 Å². The molecule has 28 heavy (non-hydrogen) atoms. The zero-order chi connectivity index (χ0) is 20.1. The molecule has 1 atom stereocenters. The Labute approximate surface area is 179 Å². The first-order valence-corrected chi connectivity index (χ1v) is 10.5. The number of rotatable bonds is 6. The van der Waals surface area contributed by atoms with Crippen molar-refractivity contribution in [2.75, 3.05) is 17.2 Å². The second kappa shape index (κ2) is 9.45. The number of benzene rings is 2. The van der Waals surface area contributed by atoms with E-state index in [0.717, 1.165) is 9.37 Å². The molecule has 2 aromatic rings. The summed E-state index contributed by atoms with van der Waals surface area (Å²) in [7, 11) is 0. The van der Waals surface area contributed by atoms with E-state index in [0.29, 0.717) is 16.4 Å². The second-order valence-corrected chi connectivity index (χ2v) is 8.69. The third kappa shape index (κ3) is 5.73. The van der Waals surface area contributed by atoms with E-state index in [-0.39, 0.29) is 37.1 Å². The summed E-state index contributed by atoms with van der Waals surface area (Å²) >= 11 is 10.6. The number of hydrogen-bond acceptors (Lipinski definition) is 4. The molecule has 3 rings (SSSR count). The monoisotopic (exact) mass is 481 g/mol. The molecule has 0 aromatic heterocycles. The molecular weight excluding hydrogens is 466 g/mol. The van der Waals surface area contributed by atoms with Crippen LogP contribution < -0.4 is 16.0 Å². The van der Waals surface area contributed by atoms with Gasteiger partial charge in [-0.25, -0.2) is 0 Å². The summed E-state index contributed by atoms with van der Waals surface area (Å²) in [4.78, 5) is 37.1. The maximum Gasteiger partial charge on any atom is 0.238 e. The van der Waals surface area contributed by atoms with Crippen molar-refractivity contribution in [1.29, 1.82) is 0 Å². The van der Waals surface area contributed by atoms with Crippen LogP contribution in [0.4, 0.5) is 11.4 Å². The Morgan fingerprint density at radius 3 is 2.64 bits per heavy atom. The number of thioether (sulfide) groups is 1. The summed E-state index contributed by atoms with van der Waals surface area (Å²) in [6.45, 7) is 0.201. The third-order valence-corrected chi connectivity index (χ3v) is 5.97. The van der Waals surface area contributed by atoms with E-state index in [9.17, 15) is 14.4 Å². The summed E-state index contributed by atoms with van der Waals surface area (Å²) in [6.07, 6.45) is 0.181. The molecule has 1 unspecified atom stereocenters. The number of fused-ring (bicyclic) bond motifs is 1. The van der Waals surface area contributed by atoms with E-state index in [1.54, 1.807) is 24.3 Å². The van der Waals surface area contributed by atoms with Crippen molar-refractivity contribution in [3.05, 3.63) is 52.0 Å². The fourth-order valence-electron chi connectivity index (χ4n) is 2.57. The van der Waals surface area contributed by atoms with Crippen LogP contribution in [-0.4, -0.2) is 29.5 Å². The van der Waals surface area contributed by atoms with Crippen LogP contribution in [0.2, 0.25) is 5.02 Å². The molecule has 0 radical (unpaired) electrons. The van der Waals surface area contributed by atoms with Gasteiger partial charge in [0, 0.05) is 39.5 Å². The Morgan fingerprint density at radius 1 is 1.14 bits per heavy atom. The van der Waals surface area contributed by atoms with E-state index in [1.807, 2.05) is 18.2 Å². The number of carbonyl (C=O) groups excluding carboxylic acids is 3. The predicted molar refractivity (Wildman–Crippen MR) is 115 cm³/mol. The van der Waals surface area contributed by atoms with Crippen LogP contribution in [0, 0.1) is 0 Å². The summed E-state index contributed by atoms with van der Waals surface area (Å²) in [5.74, 6) is -0.706. The van der Waals surface area contributed by atoms with Crippen LogP contribution in [0.15, 0.2) is 51.8 Å². The third-order valence-electron chi connectivity index (χ3n) is 3.93. The molecule has 3 amide bonds. The van der Waals surface area contributed by atoms with Gasteiger partial charge in [-0.1, -0.05) is 27.5 Å². The highest BCUT2D eigenvalue weighted by Gasteiger charge is 2.29. The van der Waals surface area contributed by atoms with Crippen molar-refractivity contribution in [1.82, 2.24) is 5.32 Å². The van der Waals surface area contributed by atoms with E-state index < -0.39 is 5.25 Å².